The van der Waals surface area contributed by atoms with E-state index in [1.807, 2.05) is 44.2 Å². The van der Waals surface area contributed by atoms with Crippen molar-refractivity contribution < 1.29 is 37.9 Å². The molecule has 41 heavy (non-hydrogen) atoms. The van der Waals surface area contributed by atoms with Crippen molar-refractivity contribution >= 4 is 23.0 Å². The summed E-state index contributed by atoms with van der Waals surface area (Å²) in [7, 11) is -0.119. The number of alkyl carbamates (subject to hydrolysis) is 1. The van der Waals surface area contributed by atoms with Gasteiger partial charge in [-0.1, -0.05) is 44.2 Å². The lowest BCUT2D eigenvalue weighted by molar-refractivity contribution is -0.151. The third-order valence-electron chi connectivity index (χ3n) is 6.65. The fourth-order valence-corrected chi connectivity index (χ4v) is 5.83. The van der Waals surface area contributed by atoms with E-state index in [1.54, 1.807) is 35.7 Å². The minimum absolute atomic E-state index is 0.0356. The number of amides is 2. The fourth-order valence-electron chi connectivity index (χ4n) is 4.41. The van der Waals surface area contributed by atoms with Crippen LogP contribution in [-0.4, -0.2) is 84.1 Å². The number of hydrogen-bond acceptors (Lipinski definition) is 8. The summed E-state index contributed by atoms with van der Waals surface area (Å²) >= 11 is 0. The maximum atomic E-state index is 13.8. The minimum atomic E-state index is -1.67. The molecule has 2 aromatic carbocycles. The number of methoxy groups -OCH3 is 1. The maximum Gasteiger partial charge on any atom is 0.407 e. The van der Waals surface area contributed by atoms with Crippen molar-refractivity contribution in [3.05, 3.63) is 60.2 Å². The molecule has 0 saturated carbocycles. The van der Waals surface area contributed by atoms with Gasteiger partial charge in [-0.05, 0) is 48.1 Å². The molecule has 0 aliphatic carbocycles. The van der Waals surface area contributed by atoms with Gasteiger partial charge in [0.05, 0.1) is 37.4 Å². The van der Waals surface area contributed by atoms with Crippen molar-refractivity contribution in [1.82, 2.24) is 9.62 Å². The first kappa shape index (κ1) is 32.5. The van der Waals surface area contributed by atoms with E-state index >= 15 is 0 Å². The van der Waals surface area contributed by atoms with Crippen molar-refractivity contribution in [3.63, 3.8) is 0 Å². The fraction of sp³-hybridized carbons (Fsp3) is 0.517. The molecule has 2 aromatic rings. The van der Waals surface area contributed by atoms with Crippen LogP contribution >= 0.6 is 0 Å². The number of primary amides is 1. The van der Waals surface area contributed by atoms with Crippen molar-refractivity contribution in [1.29, 1.82) is 0 Å². The summed E-state index contributed by atoms with van der Waals surface area (Å²) in [6, 6.07) is 15.5. The quantitative estimate of drug-likeness (QED) is 0.286. The normalized spacial score (nSPS) is 16.5. The number of hydrogen-bond donors (Lipinski definition) is 3. The van der Waals surface area contributed by atoms with Crippen molar-refractivity contribution in [2.24, 2.45) is 11.1 Å². The summed E-state index contributed by atoms with van der Waals surface area (Å²) in [5, 5.41) is 14.3. The van der Waals surface area contributed by atoms with E-state index in [2.05, 4.69) is 5.32 Å². The largest absolute Gasteiger partial charge is 0.497 e. The number of carbonyl (C=O) groups is 2. The summed E-state index contributed by atoms with van der Waals surface area (Å²) in [4.78, 5) is 24.8. The van der Waals surface area contributed by atoms with E-state index in [1.165, 1.54) is 0 Å². The lowest BCUT2D eigenvalue weighted by Gasteiger charge is -2.34. The second-order valence-corrected chi connectivity index (χ2v) is 12.3. The van der Waals surface area contributed by atoms with Crippen LogP contribution in [-0.2, 0) is 36.4 Å². The first-order chi connectivity index (χ1) is 19.6. The first-order valence-corrected chi connectivity index (χ1v) is 14.6. The van der Waals surface area contributed by atoms with Crippen LogP contribution in [0.1, 0.15) is 32.3 Å². The van der Waals surface area contributed by atoms with E-state index in [0.29, 0.717) is 23.5 Å². The Morgan fingerprint density at radius 2 is 1.80 bits per heavy atom. The van der Waals surface area contributed by atoms with Gasteiger partial charge < -0.3 is 35.1 Å². The Morgan fingerprint density at radius 3 is 2.41 bits per heavy atom. The topological polar surface area (TPSA) is 150 Å². The number of nitrogens with one attached hydrogen (secondary N) is 1. The molecule has 1 fully saturated rings. The molecule has 1 saturated heterocycles. The summed E-state index contributed by atoms with van der Waals surface area (Å²) in [5.74, 6) is 0.207. The lowest BCUT2D eigenvalue weighted by atomic mass is 9.87. The van der Waals surface area contributed by atoms with Crippen LogP contribution in [0.3, 0.4) is 0 Å². The zero-order valence-corrected chi connectivity index (χ0v) is 24.6. The zero-order chi connectivity index (χ0) is 29.8. The van der Waals surface area contributed by atoms with Crippen LogP contribution in [0.5, 0.6) is 5.75 Å². The van der Waals surface area contributed by atoms with Gasteiger partial charge in [0.2, 0.25) is 5.91 Å². The van der Waals surface area contributed by atoms with Crippen molar-refractivity contribution in [2.75, 3.05) is 40.2 Å². The van der Waals surface area contributed by atoms with E-state index in [0.717, 1.165) is 5.56 Å². The van der Waals surface area contributed by atoms with Crippen LogP contribution in [0.15, 0.2) is 59.5 Å². The van der Waals surface area contributed by atoms with E-state index in [9.17, 15) is 18.9 Å². The van der Waals surface area contributed by atoms with Gasteiger partial charge in [0.15, 0.2) is 6.10 Å². The summed E-state index contributed by atoms with van der Waals surface area (Å²) in [6.07, 6.45) is -1.45. The van der Waals surface area contributed by atoms with E-state index < -0.39 is 46.7 Å². The molecular formula is C29H41N3O8S. The molecule has 11 nitrogen and oxygen atoms in total. The molecule has 1 heterocycles. The number of nitrogens with two attached hydrogens (primary N) is 1. The van der Waals surface area contributed by atoms with Crippen LogP contribution < -0.4 is 15.8 Å². The van der Waals surface area contributed by atoms with E-state index in [-0.39, 0.29) is 39.5 Å². The van der Waals surface area contributed by atoms with Crippen molar-refractivity contribution in [2.45, 2.75) is 56.3 Å². The predicted octanol–water partition coefficient (Wildman–Crippen LogP) is 2.38. The molecule has 0 aromatic heterocycles. The number of nitrogens with zero attached hydrogens (tertiary/aromatic N) is 1. The molecule has 3 unspecified atom stereocenters. The Labute approximate surface area is 243 Å². The molecule has 1 aliphatic heterocycles. The number of aliphatic hydroxyl groups excluding tert-OH is 1. The third-order valence-corrected chi connectivity index (χ3v) is 8.08. The summed E-state index contributed by atoms with van der Waals surface area (Å²) < 4.78 is 36.5. The number of benzene rings is 2. The second kappa shape index (κ2) is 15.8. The molecule has 0 bridgehead atoms. The highest BCUT2D eigenvalue weighted by Crippen LogP contribution is 2.27. The van der Waals surface area contributed by atoms with Gasteiger partial charge in [0.25, 0.3) is 0 Å². The monoisotopic (exact) mass is 591 g/mol. The van der Waals surface area contributed by atoms with Gasteiger partial charge >= 0.3 is 6.09 Å². The Kier molecular flexibility index (Phi) is 12.5. The average Bonchev–Trinajstić information content (AvgIpc) is 2.96. The van der Waals surface area contributed by atoms with Gasteiger partial charge in [-0.2, -0.15) is 0 Å². The second-order valence-electron chi connectivity index (χ2n) is 10.8. The molecule has 0 spiro atoms. The summed E-state index contributed by atoms with van der Waals surface area (Å²) in [5.41, 5.74) is 5.82. The van der Waals surface area contributed by atoms with Gasteiger partial charge in [0, 0.05) is 19.5 Å². The molecule has 12 heteroatoms. The highest BCUT2D eigenvalue weighted by molar-refractivity contribution is 7.82. The number of rotatable bonds is 15. The number of carbonyl (C=O) groups excluding carboxylic acids is 2. The highest BCUT2D eigenvalue weighted by Gasteiger charge is 2.32. The van der Waals surface area contributed by atoms with Gasteiger partial charge in [-0.3, -0.25) is 4.79 Å². The molecular weight excluding hydrogens is 550 g/mol. The van der Waals surface area contributed by atoms with E-state index in [4.69, 9.17) is 24.7 Å². The minimum Gasteiger partial charge on any atom is -0.497 e. The SMILES string of the molecule is COc1ccc(S(=O)N(CC(O)C(Cc2ccccc2)NC(=O)OC2COCOC2)CC(C)(C)CCC(N)=O)cc1. The average molecular weight is 592 g/mol. The third kappa shape index (κ3) is 11.0. The first-order valence-electron chi connectivity index (χ1n) is 13.5. The van der Waals surface area contributed by atoms with Gasteiger partial charge in [-0.15, -0.1) is 0 Å². The van der Waals surface area contributed by atoms with Crippen LogP contribution in [0.25, 0.3) is 0 Å². The Morgan fingerprint density at radius 1 is 1.15 bits per heavy atom. The smallest absolute Gasteiger partial charge is 0.407 e. The molecule has 2 amide bonds. The molecule has 3 rings (SSSR count). The van der Waals surface area contributed by atoms with Gasteiger partial charge in [0.1, 0.15) is 23.5 Å². The van der Waals surface area contributed by atoms with Gasteiger partial charge in [-0.25, -0.2) is 13.3 Å². The van der Waals surface area contributed by atoms with Crippen molar-refractivity contribution in [3.8, 4) is 5.75 Å². The van der Waals surface area contributed by atoms with Crippen LogP contribution in [0.4, 0.5) is 4.79 Å². The Bertz CT molecular complexity index is 1130. The van der Waals surface area contributed by atoms with Crippen LogP contribution in [0.2, 0.25) is 0 Å². The maximum absolute atomic E-state index is 13.8. The molecule has 1 aliphatic rings. The molecule has 3 atom stereocenters. The number of ether oxygens (including phenoxy) is 4. The zero-order valence-electron chi connectivity index (χ0n) is 23.8. The Balaban J connectivity index is 1.81. The predicted molar refractivity (Wildman–Crippen MR) is 153 cm³/mol. The molecule has 226 valence electrons. The number of aliphatic hydroxyl groups is 1. The highest BCUT2D eigenvalue weighted by atomic mass is 32.2. The van der Waals surface area contributed by atoms with Crippen LogP contribution in [0, 0.1) is 5.41 Å². The standard InChI is InChI=1S/C29H41N3O8S/c1-29(2,14-13-27(30)34)19-32(41(36)24-11-9-22(37-3)10-12-24)16-26(33)25(15-21-7-5-4-6-8-21)31-28(35)40-23-17-38-20-39-18-23/h4-12,23,25-26,33H,13-20H2,1-3H3,(H2,30,34)(H,31,35). The molecule has 0 radical (unpaired) electrons. The Hall–Kier alpha value is -3.03. The summed E-state index contributed by atoms with van der Waals surface area (Å²) in [6.45, 7) is 4.73. The lowest BCUT2D eigenvalue weighted by Crippen LogP contribution is -2.52. The molecule has 4 N–H and O–H groups in total.